The van der Waals surface area contributed by atoms with E-state index in [4.69, 9.17) is 5.21 Å². The molecule has 1 rings (SSSR count). The van der Waals surface area contributed by atoms with Crippen molar-refractivity contribution in [2.45, 2.75) is 0 Å². The van der Waals surface area contributed by atoms with Crippen LogP contribution < -0.4 is 5.23 Å². The summed E-state index contributed by atoms with van der Waals surface area (Å²) in [4.78, 5) is 2.54. The Balaban J connectivity index is 2.77. The average Bonchev–Trinajstić information content (AvgIpc) is 2.12. The van der Waals surface area contributed by atoms with Gasteiger partial charge in [0.2, 0.25) is 5.82 Å². The number of quaternary nitrogens is 1. The fraction of sp³-hybridized carbons (Fsp3) is 0. The third kappa shape index (κ3) is 0.865. The van der Waals surface area contributed by atoms with Crippen LogP contribution in [0.15, 0.2) is 18.3 Å². The van der Waals surface area contributed by atoms with Gasteiger partial charge in [-0.2, -0.15) is 5.23 Å². The van der Waals surface area contributed by atoms with Crippen molar-refractivity contribution in [3.05, 3.63) is 23.5 Å². The topological polar surface area (TPSA) is 63.5 Å². The summed E-state index contributed by atoms with van der Waals surface area (Å²) in [5.41, 5.74) is 0. The van der Waals surface area contributed by atoms with E-state index in [0.717, 1.165) is 0 Å². The molecule has 4 nitrogen and oxygen atoms in total. The zero-order valence-electron chi connectivity index (χ0n) is 4.09. The van der Waals surface area contributed by atoms with Crippen molar-refractivity contribution in [3.8, 4) is 0 Å². The van der Waals surface area contributed by atoms with Crippen LogP contribution in [0.3, 0.4) is 0 Å². The quantitative estimate of drug-likeness (QED) is 0.427. The maximum atomic E-state index is 10.0. The predicted molar refractivity (Wildman–Crippen MR) is 26.6 cm³/mol. The molecule has 0 bridgehead atoms. The van der Waals surface area contributed by atoms with Crippen LogP contribution in [0.5, 0.6) is 0 Å². The molecule has 0 spiro atoms. The first-order chi connectivity index (χ1) is 3.80. The zero-order chi connectivity index (χ0) is 5.98. The summed E-state index contributed by atoms with van der Waals surface area (Å²) in [6, 6.07) is 3.14. The lowest BCUT2D eigenvalue weighted by Gasteiger charge is -2.06. The van der Waals surface area contributed by atoms with E-state index in [1.165, 1.54) is 6.07 Å². The van der Waals surface area contributed by atoms with Crippen LogP contribution in [0.4, 0.5) is 5.82 Å². The van der Waals surface area contributed by atoms with Crippen LogP contribution in [-0.4, -0.2) is 10.2 Å². The van der Waals surface area contributed by atoms with E-state index in [-0.39, 0.29) is 5.82 Å². The minimum Gasteiger partial charge on any atom is -0.594 e. The predicted octanol–water partition coefficient (Wildman–Crippen LogP) is -0.582. The molecule has 0 aromatic carbocycles. The number of hydrogen-bond donors (Lipinski definition) is 3. The van der Waals surface area contributed by atoms with Gasteiger partial charge in [0, 0.05) is 12.3 Å². The highest BCUT2D eigenvalue weighted by molar-refractivity contribution is 5.16. The molecule has 0 fully saturated rings. The van der Waals surface area contributed by atoms with E-state index in [1.54, 1.807) is 12.3 Å². The SMILES string of the molecule is [O-][NH+](O)c1ccc[nH]1. The molecule has 0 aliphatic heterocycles. The first kappa shape index (κ1) is 5.30. The lowest BCUT2D eigenvalue weighted by molar-refractivity contribution is -0.993. The summed E-state index contributed by atoms with van der Waals surface area (Å²) in [5.74, 6) is 0.227. The van der Waals surface area contributed by atoms with Crippen LogP contribution in [-0.2, 0) is 0 Å². The van der Waals surface area contributed by atoms with Crippen LogP contribution in [0, 0.1) is 5.21 Å². The summed E-state index contributed by atoms with van der Waals surface area (Å²) in [5, 5.41) is 17.4. The highest BCUT2D eigenvalue weighted by Gasteiger charge is 1.94. The Kier molecular flexibility index (Phi) is 1.29. The lowest BCUT2D eigenvalue weighted by atomic mass is 10.6. The molecule has 0 saturated carbocycles. The second-order valence-corrected chi connectivity index (χ2v) is 1.39. The fourth-order valence-electron chi connectivity index (χ4n) is 0.463. The molecule has 0 saturated heterocycles. The summed E-state index contributed by atoms with van der Waals surface area (Å²) in [6.45, 7) is 0. The second-order valence-electron chi connectivity index (χ2n) is 1.39. The van der Waals surface area contributed by atoms with E-state index >= 15 is 0 Å². The third-order valence-corrected chi connectivity index (χ3v) is 0.828. The minimum absolute atomic E-state index is 0.227. The number of aromatic amines is 1. The van der Waals surface area contributed by atoms with Crippen LogP contribution >= 0.6 is 0 Å². The van der Waals surface area contributed by atoms with Gasteiger partial charge in [-0.05, 0) is 6.07 Å². The number of H-pyrrole nitrogens is 1. The summed E-state index contributed by atoms with van der Waals surface area (Å²) in [6.07, 6.45) is 1.57. The van der Waals surface area contributed by atoms with Crippen molar-refractivity contribution in [1.29, 1.82) is 0 Å². The van der Waals surface area contributed by atoms with E-state index in [1.807, 2.05) is 0 Å². The van der Waals surface area contributed by atoms with Gasteiger partial charge in [0.1, 0.15) is 0 Å². The summed E-state index contributed by atoms with van der Waals surface area (Å²) < 4.78 is 0. The molecular weight excluding hydrogens is 108 g/mol. The summed E-state index contributed by atoms with van der Waals surface area (Å²) in [7, 11) is 0. The van der Waals surface area contributed by atoms with Gasteiger partial charge in [0.05, 0.1) is 0 Å². The highest BCUT2D eigenvalue weighted by Crippen LogP contribution is 1.90. The van der Waals surface area contributed by atoms with Crippen molar-refractivity contribution in [1.82, 2.24) is 4.98 Å². The van der Waals surface area contributed by atoms with E-state index in [0.29, 0.717) is 0 Å². The van der Waals surface area contributed by atoms with Crippen molar-refractivity contribution < 1.29 is 10.4 Å². The molecule has 0 aliphatic carbocycles. The molecule has 1 aromatic heterocycles. The molecule has 0 amide bonds. The largest absolute Gasteiger partial charge is 0.594 e. The Hall–Kier alpha value is -0.840. The molecule has 1 atom stereocenters. The van der Waals surface area contributed by atoms with Gasteiger partial charge >= 0.3 is 0 Å². The number of nitrogens with one attached hydrogen (secondary N) is 2. The molecule has 1 aromatic rings. The molecule has 1 heterocycles. The molecule has 1 unspecified atom stereocenters. The number of rotatable bonds is 1. The zero-order valence-corrected chi connectivity index (χ0v) is 4.09. The van der Waals surface area contributed by atoms with Gasteiger partial charge in [0.15, 0.2) is 0 Å². The third-order valence-electron chi connectivity index (χ3n) is 0.828. The van der Waals surface area contributed by atoms with Crippen LogP contribution in [0.25, 0.3) is 0 Å². The first-order valence-corrected chi connectivity index (χ1v) is 2.17. The molecule has 4 heteroatoms. The smallest absolute Gasteiger partial charge is 0.236 e. The maximum Gasteiger partial charge on any atom is 0.236 e. The Labute approximate surface area is 45.9 Å². The Morgan fingerprint density at radius 1 is 1.75 bits per heavy atom. The summed E-state index contributed by atoms with van der Waals surface area (Å²) >= 11 is 0. The van der Waals surface area contributed by atoms with Crippen LogP contribution in [0.1, 0.15) is 0 Å². The lowest BCUT2D eigenvalue weighted by Crippen LogP contribution is -2.99. The molecule has 44 valence electrons. The van der Waals surface area contributed by atoms with Gasteiger partial charge < -0.3 is 10.2 Å². The molecular formula is C4H6N2O2. The van der Waals surface area contributed by atoms with Crippen molar-refractivity contribution in [3.63, 3.8) is 0 Å². The van der Waals surface area contributed by atoms with E-state index in [9.17, 15) is 5.21 Å². The standard InChI is InChI=1S/C4H6N2O2/c7-6(8)4-2-1-3-5-4/h1-3,5-7H. The van der Waals surface area contributed by atoms with Crippen molar-refractivity contribution in [2.75, 3.05) is 0 Å². The van der Waals surface area contributed by atoms with E-state index in [2.05, 4.69) is 4.98 Å². The monoisotopic (exact) mass is 114 g/mol. The Morgan fingerprint density at radius 3 is 2.75 bits per heavy atom. The van der Waals surface area contributed by atoms with Gasteiger partial charge in [0.25, 0.3) is 0 Å². The van der Waals surface area contributed by atoms with Gasteiger partial charge in [-0.25, -0.2) is 5.21 Å². The molecule has 3 N–H and O–H groups in total. The maximum absolute atomic E-state index is 10.0. The number of hydrogen-bond acceptors (Lipinski definition) is 2. The first-order valence-electron chi connectivity index (χ1n) is 2.17. The highest BCUT2D eigenvalue weighted by atomic mass is 16.8. The van der Waals surface area contributed by atoms with Gasteiger partial charge in [-0.3, -0.25) is 0 Å². The van der Waals surface area contributed by atoms with Gasteiger partial charge in [-0.15, -0.1) is 0 Å². The number of aromatic nitrogens is 1. The van der Waals surface area contributed by atoms with E-state index < -0.39 is 5.23 Å². The molecule has 0 radical (unpaired) electrons. The normalized spacial score (nSPS) is 13.8. The Morgan fingerprint density at radius 2 is 2.50 bits per heavy atom. The second kappa shape index (κ2) is 1.95. The van der Waals surface area contributed by atoms with Crippen molar-refractivity contribution in [2.24, 2.45) is 0 Å². The average molecular weight is 114 g/mol. The fourth-order valence-corrected chi connectivity index (χ4v) is 0.463. The van der Waals surface area contributed by atoms with Crippen molar-refractivity contribution >= 4 is 5.82 Å². The molecule has 8 heavy (non-hydrogen) atoms. The Bertz CT molecular complexity index is 147. The molecule has 0 aliphatic rings. The minimum atomic E-state index is -0.921. The van der Waals surface area contributed by atoms with Gasteiger partial charge in [-0.1, -0.05) is 0 Å². The van der Waals surface area contributed by atoms with Crippen LogP contribution in [0.2, 0.25) is 0 Å².